The highest BCUT2D eigenvalue weighted by molar-refractivity contribution is 6.13. The lowest BCUT2D eigenvalue weighted by molar-refractivity contribution is -0.137. The van der Waals surface area contributed by atoms with Crippen LogP contribution in [-0.2, 0) is 28.6 Å². The van der Waals surface area contributed by atoms with Gasteiger partial charge in [-0.3, -0.25) is 19.3 Å². The highest BCUT2D eigenvalue weighted by atomic mass is 16.6. The summed E-state index contributed by atoms with van der Waals surface area (Å²) in [6.07, 6.45) is 6.13. The molecule has 34 heavy (non-hydrogen) atoms. The number of fused-ring (bicyclic) bond motifs is 1. The minimum absolute atomic E-state index is 0.0501. The second kappa shape index (κ2) is 13.7. The van der Waals surface area contributed by atoms with Crippen LogP contribution in [0.3, 0.4) is 0 Å². The molecule has 2 N–H and O–H groups in total. The molecule has 10 heteroatoms. The van der Waals surface area contributed by atoms with Gasteiger partial charge in [0.15, 0.2) is 0 Å². The van der Waals surface area contributed by atoms with Crippen LogP contribution in [0.15, 0.2) is 12.2 Å². The molecule has 0 bridgehead atoms. The Morgan fingerprint density at radius 2 is 1.50 bits per heavy atom. The van der Waals surface area contributed by atoms with E-state index in [2.05, 4.69) is 22.5 Å². The van der Waals surface area contributed by atoms with Gasteiger partial charge in [0.2, 0.25) is 5.91 Å². The number of ether oxygens (including phenoxy) is 3. The Morgan fingerprint density at radius 1 is 0.912 bits per heavy atom. The van der Waals surface area contributed by atoms with Crippen molar-refractivity contribution in [1.29, 1.82) is 0 Å². The van der Waals surface area contributed by atoms with E-state index in [9.17, 15) is 19.2 Å². The molecule has 0 aromatic heterocycles. The lowest BCUT2D eigenvalue weighted by Crippen LogP contribution is -2.35. The Bertz CT molecular complexity index is 796. The zero-order chi connectivity index (χ0) is 24.2. The van der Waals surface area contributed by atoms with E-state index < -0.39 is 17.9 Å². The highest BCUT2D eigenvalue weighted by Gasteiger charge is 2.49. The number of hydrogen-bond acceptors (Lipinski definition) is 7. The van der Waals surface area contributed by atoms with E-state index in [4.69, 9.17) is 14.2 Å². The molecule has 1 heterocycles. The molecular formula is C24H33N3O7. The van der Waals surface area contributed by atoms with E-state index in [0.717, 1.165) is 30.6 Å². The third-order valence-corrected chi connectivity index (χ3v) is 6.17. The molecule has 3 rings (SSSR count). The van der Waals surface area contributed by atoms with Crippen LogP contribution in [0.5, 0.6) is 0 Å². The number of rotatable bonds is 14. The number of carbonyl (C=O) groups is 4. The summed E-state index contributed by atoms with van der Waals surface area (Å²) in [7, 11) is 0. The topological polar surface area (TPSA) is 123 Å². The predicted octanol–water partition coefficient (Wildman–Crippen LogP) is 0.617. The standard InChI is InChI=1S/C24H33N3O7/c28-21(9-12-27-22(29)7-8-23(27)30)25-10-13-32-15-16-33-14-11-26-24(31)34-17-20-18-5-3-1-2-4-6-19(18)20/h7-8,18-20H,3-6,9-17H2,(H,25,28)(H,26,31). The van der Waals surface area contributed by atoms with Crippen LogP contribution in [0, 0.1) is 29.6 Å². The van der Waals surface area contributed by atoms with E-state index in [1.54, 1.807) is 0 Å². The number of alkyl carbamates (subject to hydrolysis) is 1. The Morgan fingerprint density at radius 3 is 2.12 bits per heavy atom. The zero-order valence-corrected chi connectivity index (χ0v) is 19.4. The summed E-state index contributed by atoms with van der Waals surface area (Å²) in [4.78, 5) is 47.4. The second-order valence-corrected chi connectivity index (χ2v) is 8.43. The molecule has 0 aromatic carbocycles. The molecule has 2 unspecified atom stereocenters. The van der Waals surface area contributed by atoms with Crippen molar-refractivity contribution < 1.29 is 33.4 Å². The summed E-state index contributed by atoms with van der Waals surface area (Å²) in [5, 5.41) is 5.35. The number of hydrogen-bond donors (Lipinski definition) is 2. The molecule has 1 aliphatic heterocycles. The maximum absolute atomic E-state index is 11.8. The first-order valence-electron chi connectivity index (χ1n) is 11.9. The van der Waals surface area contributed by atoms with E-state index in [1.807, 2.05) is 0 Å². The molecule has 1 fully saturated rings. The Kier molecular flexibility index (Phi) is 10.4. The summed E-state index contributed by atoms with van der Waals surface area (Å²) in [6.45, 7) is 2.60. The fourth-order valence-corrected chi connectivity index (χ4v) is 4.27. The van der Waals surface area contributed by atoms with Gasteiger partial charge in [-0.2, -0.15) is 0 Å². The predicted molar refractivity (Wildman–Crippen MR) is 121 cm³/mol. The summed E-state index contributed by atoms with van der Waals surface area (Å²) in [5.74, 6) is 7.08. The van der Waals surface area contributed by atoms with E-state index in [-0.39, 0.29) is 18.9 Å². The fraction of sp³-hybridized carbons (Fsp3) is 0.667. The normalized spacial score (nSPS) is 22.8. The van der Waals surface area contributed by atoms with Gasteiger partial charge >= 0.3 is 6.09 Å². The third kappa shape index (κ3) is 8.47. The minimum atomic E-state index is -0.416. The van der Waals surface area contributed by atoms with Gasteiger partial charge in [0.05, 0.1) is 33.0 Å². The van der Waals surface area contributed by atoms with E-state index in [1.165, 1.54) is 12.2 Å². The van der Waals surface area contributed by atoms with Gasteiger partial charge in [0, 0.05) is 51.0 Å². The van der Waals surface area contributed by atoms with Gasteiger partial charge in [-0.15, -0.1) is 11.8 Å². The molecule has 3 aliphatic rings. The first kappa shape index (κ1) is 25.7. The average Bonchev–Trinajstić information content (AvgIpc) is 3.34. The van der Waals surface area contributed by atoms with Gasteiger partial charge in [-0.25, -0.2) is 4.79 Å². The van der Waals surface area contributed by atoms with Crippen LogP contribution in [0.1, 0.15) is 32.1 Å². The molecule has 0 spiro atoms. The number of imide groups is 1. The molecular weight excluding hydrogens is 442 g/mol. The van der Waals surface area contributed by atoms with Crippen LogP contribution in [0.2, 0.25) is 0 Å². The van der Waals surface area contributed by atoms with Crippen molar-refractivity contribution in [3.05, 3.63) is 12.2 Å². The van der Waals surface area contributed by atoms with Crippen molar-refractivity contribution in [2.75, 3.05) is 52.7 Å². The van der Waals surface area contributed by atoms with Crippen molar-refractivity contribution in [3.8, 4) is 11.8 Å². The Hall–Kier alpha value is -2.90. The van der Waals surface area contributed by atoms with Crippen LogP contribution in [-0.4, -0.2) is 81.4 Å². The molecule has 4 amide bonds. The molecule has 0 aromatic rings. The maximum atomic E-state index is 11.8. The second-order valence-electron chi connectivity index (χ2n) is 8.43. The van der Waals surface area contributed by atoms with Gasteiger partial charge < -0.3 is 24.8 Å². The molecule has 0 radical (unpaired) electrons. The van der Waals surface area contributed by atoms with Gasteiger partial charge in [0.1, 0.15) is 0 Å². The third-order valence-electron chi connectivity index (χ3n) is 6.17. The zero-order valence-electron chi connectivity index (χ0n) is 19.4. The molecule has 1 saturated carbocycles. The van der Waals surface area contributed by atoms with Crippen LogP contribution in [0.25, 0.3) is 0 Å². The summed E-state index contributed by atoms with van der Waals surface area (Å²) < 4.78 is 16.1. The van der Waals surface area contributed by atoms with Crippen molar-refractivity contribution in [3.63, 3.8) is 0 Å². The van der Waals surface area contributed by atoms with E-state index >= 15 is 0 Å². The number of nitrogens with one attached hydrogen (secondary N) is 2. The number of carbonyl (C=O) groups excluding carboxylic acids is 4. The largest absolute Gasteiger partial charge is 0.449 e. The molecule has 2 aliphatic carbocycles. The first-order valence-corrected chi connectivity index (χ1v) is 11.9. The van der Waals surface area contributed by atoms with Crippen molar-refractivity contribution in [2.24, 2.45) is 17.8 Å². The first-order chi connectivity index (χ1) is 16.6. The van der Waals surface area contributed by atoms with E-state index in [0.29, 0.717) is 63.9 Å². The summed E-state index contributed by atoms with van der Waals surface area (Å²) in [5.41, 5.74) is 0. The van der Waals surface area contributed by atoms with Crippen molar-refractivity contribution in [1.82, 2.24) is 15.5 Å². The van der Waals surface area contributed by atoms with Crippen LogP contribution in [0.4, 0.5) is 4.79 Å². The molecule has 0 saturated heterocycles. The lowest BCUT2D eigenvalue weighted by atomic mass is 10.1. The average molecular weight is 476 g/mol. The van der Waals surface area contributed by atoms with Gasteiger partial charge in [0.25, 0.3) is 11.8 Å². The summed E-state index contributed by atoms with van der Waals surface area (Å²) >= 11 is 0. The quantitative estimate of drug-likeness (QED) is 0.214. The lowest BCUT2D eigenvalue weighted by Gasteiger charge is -2.13. The SMILES string of the molecule is O=C(CCN1C(=O)C=CC1=O)NCCOCCOCCNC(=O)OCC1C2CCC#CCCC21. The Balaban J connectivity index is 1.07. The van der Waals surface area contributed by atoms with Gasteiger partial charge in [-0.1, -0.05) is 0 Å². The minimum Gasteiger partial charge on any atom is -0.449 e. The van der Waals surface area contributed by atoms with Crippen molar-refractivity contribution >= 4 is 23.8 Å². The number of nitrogens with zero attached hydrogens (tertiary/aromatic N) is 1. The van der Waals surface area contributed by atoms with Crippen LogP contribution < -0.4 is 10.6 Å². The van der Waals surface area contributed by atoms with Gasteiger partial charge in [-0.05, 0) is 30.6 Å². The van der Waals surface area contributed by atoms with Crippen molar-refractivity contribution in [2.45, 2.75) is 32.1 Å². The fourth-order valence-electron chi connectivity index (χ4n) is 4.27. The molecule has 2 atom stereocenters. The highest BCUT2D eigenvalue weighted by Crippen LogP contribution is 2.52. The molecule has 186 valence electrons. The monoisotopic (exact) mass is 475 g/mol. The number of amides is 4. The van der Waals surface area contributed by atoms with Crippen LogP contribution >= 0.6 is 0 Å². The maximum Gasteiger partial charge on any atom is 0.407 e. The molecule has 10 nitrogen and oxygen atoms in total. The Labute approximate surface area is 199 Å². The smallest absolute Gasteiger partial charge is 0.407 e. The summed E-state index contributed by atoms with van der Waals surface area (Å²) in [6, 6.07) is 0.